The minimum Gasteiger partial charge on any atom is -0.351 e. The van der Waals surface area contributed by atoms with Gasteiger partial charge in [-0.05, 0) is 0 Å². The van der Waals surface area contributed by atoms with Gasteiger partial charge in [0.1, 0.15) is 5.82 Å². The summed E-state index contributed by atoms with van der Waals surface area (Å²) in [7, 11) is 1.78. The zero-order valence-electron chi connectivity index (χ0n) is 10.9. The third-order valence-corrected chi connectivity index (χ3v) is 2.55. The van der Waals surface area contributed by atoms with Gasteiger partial charge in [0, 0.05) is 24.6 Å². The Balaban J connectivity index is 2.20. The first-order valence-electron chi connectivity index (χ1n) is 5.64. The van der Waals surface area contributed by atoms with Gasteiger partial charge in [-0.3, -0.25) is 9.48 Å². The molecular weight excluding hydrogens is 232 g/mol. The van der Waals surface area contributed by atoms with Crippen molar-refractivity contribution in [3.05, 3.63) is 29.8 Å². The predicted octanol–water partition coefficient (Wildman–Crippen LogP) is 1.96. The van der Waals surface area contributed by atoms with Crippen LogP contribution in [0.4, 0.5) is 5.82 Å². The van der Waals surface area contributed by atoms with Gasteiger partial charge in [0.25, 0.3) is 5.91 Å². The Hall–Kier alpha value is -2.11. The van der Waals surface area contributed by atoms with Gasteiger partial charge < -0.3 is 9.84 Å². The maximum absolute atomic E-state index is 11.8. The summed E-state index contributed by atoms with van der Waals surface area (Å²) in [6.45, 7) is 6.20. The van der Waals surface area contributed by atoms with E-state index in [1.807, 2.05) is 6.07 Å². The molecule has 2 rings (SSSR count). The minimum atomic E-state index is -0.337. The van der Waals surface area contributed by atoms with Crippen molar-refractivity contribution in [2.24, 2.45) is 7.05 Å². The molecule has 1 N–H and O–H groups in total. The van der Waals surface area contributed by atoms with Crippen LogP contribution in [-0.2, 0) is 12.5 Å². The molecular formula is C12H16N4O2. The number of hydrogen-bond donors (Lipinski definition) is 1. The van der Waals surface area contributed by atoms with E-state index in [0.29, 0.717) is 5.82 Å². The van der Waals surface area contributed by atoms with Crippen molar-refractivity contribution in [3.8, 4) is 0 Å². The molecule has 0 radical (unpaired) electrons. The van der Waals surface area contributed by atoms with Crippen LogP contribution in [0.5, 0.6) is 0 Å². The number of rotatable bonds is 2. The highest BCUT2D eigenvalue weighted by Crippen LogP contribution is 2.23. The monoisotopic (exact) mass is 248 g/mol. The molecule has 0 saturated carbocycles. The summed E-state index contributed by atoms with van der Waals surface area (Å²) in [4.78, 5) is 11.8. The summed E-state index contributed by atoms with van der Waals surface area (Å²) < 4.78 is 6.42. The molecule has 0 saturated heterocycles. The van der Waals surface area contributed by atoms with E-state index < -0.39 is 0 Å². The van der Waals surface area contributed by atoms with Crippen LogP contribution in [0.1, 0.15) is 37.0 Å². The van der Waals surface area contributed by atoms with Gasteiger partial charge in [-0.15, -0.1) is 0 Å². The van der Waals surface area contributed by atoms with E-state index in [1.54, 1.807) is 11.7 Å². The summed E-state index contributed by atoms with van der Waals surface area (Å²) >= 11 is 0. The molecule has 0 aliphatic heterocycles. The molecule has 6 heteroatoms. The van der Waals surface area contributed by atoms with Gasteiger partial charge in [0.2, 0.25) is 5.76 Å². The highest BCUT2D eigenvalue weighted by atomic mass is 16.5. The lowest BCUT2D eigenvalue weighted by Crippen LogP contribution is -2.13. The zero-order chi connectivity index (χ0) is 13.3. The highest BCUT2D eigenvalue weighted by Gasteiger charge is 2.20. The molecule has 0 fully saturated rings. The highest BCUT2D eigenvalue weighted by molar-refractivity contribution is 6.01. The molecule has 0 spiro atoms. The van der Waals surface area contributed by atoms with Gasteiger partial charge in [-0.25, -0.2) is 0 Å². The summed E-state index contributed by atoms with van der Waals surface area (Å²) in [5, 5.41) is 10.6. The maximum Gasteiger partial charge on any atom is 0.295 e. The summed E-state index contributed by atoms with van der Waals surface area (Å²) in [5.74, 6) is 0.464. The number of aryl methyl sites for hydroxylation is 1. The molecule has 0 atom stereocenters. The average Bonchev–Trinajstić information content (AvgIpc) is 2.87. The summed E-state index contributed by atoms with van der Waals surface area (Å²) in [5.41, 5.74) is 0.852. The minimum absolute atomic E-state index is 0.0625. The van der Waals surface area contributed by atoms with Crippen molar-refractivity contribution < 1.29 is 9.32 Å². The lowest BCUT2D eigenvalue weighted by Gasteiger charge is -2.13. The smallest absolute Gasteiger partial charge is 0.295 e. The van der Waals surface area contributed by atoms with E-state index in [4.69, 9.17) is 4.52 Å². The molecule has 0 aliphatic carbocycles. The standard InChI is InChI=1S/C12H16N4O2/c1-12(2,3)9-7-10(16(4)15-9)14-11(17)8-5-6-13-18-8/h5-7H,1-4H3,(H,14,17). The van der Waals surface area contributed by atoms with Crippen LogP contribution in [0, 0.1) is 0 Å². The Labute approximate surface area is 105 Å². The molecule has 0 unspecified atom stereocenters. The SMILES string of the molecule is Cn1nc(C(C)(C)C)cc1NC(=O)c1ccno1. The Morgan fingerprint density at radius 3 is 2.67 bits per heavy atom. The third kappa shape index (κ3) is 2.42. The van der Waals surface area contributed by atoms with Crippen molar-refractivity contribution in [2.75, 3.05) is 5.32 Å². The number of anilines is 1. The first-order chi connectivity index (χ1) is 8.38. The molecule has 1 amide bonds. The van der Waals surface area contributed by atoms with E-state index in [9.17, 15) is 4.79 Å². The largest absolute Gasteiger partial charge is 0.351 e. The van der Waals surface area contributed by atoms with Crippen molar-refractivity contribution in [3.63, 3.8) is 0 Å². The van der Waals surface area contributed by atoms with E-state index in [0.717, 1.165) is 5.69 Å². The Kier molecular flexibility index (Phi) is 2.94. The van der Waals surface area contributed by atoms with E-state index >= 15 is 0 Å². The molecule has 0 bridgehead atoms. The fourth-order valence-electron chi connectivity index (χ4n) is 1.46. The van der Waals surface area contributed by atoms with Crippen molar-refractivity contribution in [2.45, 2.75) is 26.2 Å². The summed E-state index contributed by atoms with van der Waals surface area (Å²) in [6, 6.07) is 3.37. The molecule has 0 aromatic carbocycles. The molecule has 96 valence electrons. The first kappa shape index (κ1) is 12.3. The Bertz CT molecular complexity index is 549. The van der Waals surface area contributed by atoms with Crippen LogP contribution in [-0.4, -0.2) is 20.8 Å². The Morgan fingerprint density at radius 2 is 2.17 bits per heavy atom. The third-order valence-electron chi connectivity index (χ3n) is 2.55. The topological polar surface area (TPSA) is 73.0 Å². The molecule has 2 heterocycles. The number of amides is 1. The van der Waals surface area contributed by atoms with Gasteiger partial charge in [-0.1, -0.05) is 25.9 Å². The molecule has 18 heavy (non-hydrogen) atoms. The van der Waals surface area contributed by atoms with Gasteiger partial charge >= 0.3 is 0 Å². The summed E-state index contributed by atoms with van der Waals surface area (Å²) in [6.07, 6.45) is 1.43. The predicted molar refractivity (Wildman–Crippen MR) is 66.4 cm³/mol. The number of nitrogens with one attached hydrogen (secondary N) is 1. The molecule has 6 nitrogen and oxygen atoms in total. The number of carbonyl (C=O) groups excluding carboxylic acids is 1. The van der Waals surface area contributed by atoms with Gasteiger partial charge in [-0.2, -0.15) is 5.10 Å². The van der Waals surface area contributed by atoms with Crippen molar-refractivity contribution in [1.82, 2.24) is 14.9 Å². The van der Waals surface area contributed by atoms with Crippen LogP contribution in [0.2, 0.25) is 0 Å². The van der Waals surface area contributed by atoms with Crippen molar-refractivity contribution in [1.29, 1.82) is 0 Å². The van der Waals surface area contributed by atoms with Crippen molar-refractivity contribution >= 4 is 11.7 Å². The molecule has 2 aromatic heterocycles. The van der Waals surface area contributed by atoms with E-state index in [2.05, 4.69) is 36.3 Å². The second-order valence-electron chi connectivity index (χ2n) is 5.12. The number of nitrogens with zero attached hydrogens (tertiary/aromatic N) is 3. The van der Waals surface area contributed by atoms with E-state index in [1.165, 1.54) is 12.3 Å². The Morgan fingerprint density at radius 1 is 1.44 bits per heavy atom. The zero-order valence-corrected chi connectivity index (χ0v) is 10.9. The molecule has 2 aromatic rings. The molecule has 0 aliphatic rings. The normalized spacial score (nSPS) is 11.6. The average molecular weight is 248 g/mol. The van der Waals surface area contributed by atoms with Crippen LogP contribution in [0.25, 0.3) is 0 Å². The lowest BCUT2D eigenvalue weighted by atomic mass is 9.92. The van der Waals surface area contributed by atoms with Gasteiger partial charge in [0.05, 0.1) is 11.9 Å². The fraction of sp³-hybridized carbons (Fsp3) is 0.417. The first-order valence-corrected chi connectivity index (χ1v) is 5.64. The van der Waals surface area contributed by atoms with Crippen LogP contribution < -0.4 is 5.32 Å². The van der Waals surface area contributed by atoms with Gasteiger partial charge in [0.15, 0.2) is 0 Å². The number of carbonyl (C=O) groups is 1. The fourth-order valence-corrected chi connectivity index (χ4v) is 1.46. The van der Waals surface area contributed by atoms with Crippen LogP contribution >= 0.6 is 0 Å². The lowest BCUT2D eigenvalue weighted by molar-refractivity contribution is 0.0987. The quantitative estimate of drug-likeness (QED) is 0.881. The number of hydrogen-bond acceptors (Lipinski definition) is 4. The number of aromatic nitrogens is 3. The van der Waals surface area contributed by atoms with Crippen LogP contribution in [0.3, 0.4) is 0 Å². The maximum atomic E-state index is 11.8. The van der Waals surface area contributed by atoms with Crippen LogP contribution in [0.15, 0.2) is 22.9 Å². The second kappa shape index (κ2) is 4.29. The second-order valence-corrected chi connectivity index (χ2v) is 5.12. The van der Waals surface area contributed by atoms with E-state index in [-0.39, 0.29) is 17.1 Å².